The number of rotatable bonds is 5. The number of aliphatic hydroxyl groups excluding tert-OH is 2. The van der Waals surface area contributed by atoms with Crippen LogP contribution in [0.1, 0.15) is 36.2 Å². The highest BCUT2D eigenvalue weighted by atomic mass is 16.5. The van der Waals surface area contributed by atoms with Gasteiger partial charge < -0.3 is 20.3 Å². The van der Waals surface area contributed by atoms with Gasteiger partial charge in [0.05, 0.1) is 29.6 Å². The number of pyridine rings is 1. The summed E-state index contributed by atoms with van der Waals surface area (Å²) in [4.78, 5) is 4.70. The van der Waals surface area contributed by atoms with E-state index in [1.165, 1.54) is 5.56 Å². The third-order valence-corrected chi connectivity index (χ3v) is 5.80. The third kappa shape index (κ3) is 3.80. The summed E-state index contributed by atoms with van der Waals surface area (Å²) in [5.41, 5.74) is 4.97. The second-order valence-electron chi connectivity index (χ2n) is 8.28. The molecule has 0 saturated heterocycles. The van der Waals surface area contributed by atoms with Gasteiger partial charge in [0.1, 0.15) is 11.4 Å². The van der Waals surface area contributed by atoms with Gasteiger partial charge in [-0.2, -0.15) is 0 Å². The minimum Gasteiger partial charge on any atom is -0.485 e. The van der Waals surface area contributed by atoms with Gasteiger partial charge in [-0.1, -0.05) is 30.3 Å². The second kappa shape index (κ2) is 7.65. The quantitative estimate of drug-likeness (QED) is 0.616. The Morgan fingerprint density at radius 1 is 1.21 bits per heavy atom. The van der Waals surface area contributed by atoms with E-state index in [2.05, 4.69) is 17.4 Å². The van der Waals surface area contributed by atoms with Crippen LogP contribution < -0.4 is 10.1 Å². The van der Waals surface area contributed by atoms with E-state index in [9.17, 15) is 10.2 Å². The van der Waals surface area contributed by atoms with E-state index >= 15 is 0 Å². The molecule has 152 valence electrons. The van der Waals surface area contributed by atoms with Crippen molar-refractivity contribution >= 4 is 16.6 Å². The molecular weight excluding hydrogens is 364 g/mol. The Kier molecular flexibility index (Phi) is 5.19. The van der Waals surface area contributed by atoms with Gasteiger partial charge in [-0.3, -0.25) is 0 Å². The highest BCUT2D eigenvalue weighted by molar-refractivity contribution is 5.89. The summed E-state index contributed by atoms with van der Waals surface area (Å²) in [7, 11) is 0. The average Bonchev–Trinajstić information content (AvgIpc) is 2.70. The summed E-state index contributed by atoms with van der Waals surface area (Å²) in [6, 6.07) is 14.3. The van der Waals surface area contributed by atoms with Gasteiger partial charge in [0.15, 0.2) is 0 Å². The van der Waals surface area contributed by atoms with Crippen LogP contribution in [0.3, 0.4) is 0 Å². The molecule has 4 rings (SSSR count). The van der Waals surface area contributed by atoms with Crippen LogP contribution in [0.25, 0.3) is 10.9 Å². The lowest BCUT2D eigenvalue weighted by molar-refractivity contribution is -0.0410. The van der Waals surface area contributed by atoms with E-state index in [0.29, 0.717) is 12.1 Å². The molecule has 5 nitrogen and oxygen atoms in total. The molecule has 1 aliphatic heterocycles. The van der Waals surface area contributed by atoms with Crippen LogP contribution in [0.5, 0.6) is 5.75 Å². The first kappa shape index (κ1) is 19.7. The van der Waals surface area contributed by atoms with E-state index in [-0.39, 0.29) is 6.61 Å². The Morgan fingerprint density at radius 2 is 1.97 bits per heavy atom. The fourth-order valence-electron chi connectivity index (χ4n) is 3.94. The fourth-order valence-corrected chi connectivity index (χ4v) is 3.94. The van der Waals surface area contributed by atoms with Gasteiger partial charge in [-0.25, -0.2) is 4.98 Å². The predicted molar refractivity (Wildman–Crippen MR) is 115 cm³/mol. The van der Waals surface area contributed by atoms with Crippen molar-refractivity contribution < 1.29 is 14.9 Å². The Balaban J connectivity index is 1.68. The highest BCUT2D eigenvalue weighted by Crippen LogP contribution is 2.38. The minimum atomic E-state index is -0.621. The number of nitrogens with zero attached hydrogens (tertiary/aromatic N) is 1. The van der Waals surface area contributed by atoms with Crippen molar-refractivity contribution in [3.05, 3.63) is 64.8 Å². The topological polar surface area (TPSA) is 74.6 Å². The number of benzene rings is 2. The summed E-state index contributed by atoms with van der Waals surface area (Å²) in [6.45, 7) is 6.48. The monoisotopic (exact) mass is 392 g/mol. The smallest absolute Gasteiger partial charge is 0.129 e. The molecule has 3 aromatic rings. The van der Waals surface area contributed by atoms with Crippen molar-refractivity contribution in [3.8, 4) is 5.75 Å². The molecule has 0 amide bonds. The van der Waals surface area contributed by atoms with Crippen LogP contribution in [-0.2, 0) is 19.4 Å². The van der Waals surface area contributed by atoms with Gasteiger partial charge in [0.25, 0.3) is 0 Å². The molecule has 1 aromatic heterocycles. The third-order valence-electron chi connectivity index (χ3n) is 5.80. The van der Waals surface area contributed by atoms with Crippen LogP contribution in [0.2, 0.25) is 0 Å². The highest BCUT2D eigenvalue weighted by Gasteiger charge is 2.36. The molecule has 5 heteroatoms. The minimum absolute atomic E-state index is 0.131. The number of hydrogen-bond acceptors (Lipinski definition) is 5. The molecule has 0 fully saturated rings. The molecule has 1 atom stereocenters. The van der Waals surface area contributed by atoms with E-state index in [1.54, 1.807) is 0 Å². The summed E-state index contributed by atoms with van der Waals surface area (Å²) >= 11 is 0. The Bertz CT molecular complexity index is 1030. The van der Waals surface area contributed by atoms with Crippen LogP contribution in [0.15, 0.2) is 42.5 Å². The van der Waals surface area contributed by atoms with Crippen molar-refractivity contribution in [1.29, 1.82) is 0 Å². The second-order valence-corrected chi connectivity index (χ2v) is 8.28. The summed E-state index contributed by atoms with van der Waals surface area (Å²) in [5.74, 6) is 0.796. The van der Waals surface area contributed by atoms with Crippen LogP contribution >= 0.6 is 0 Å². The SMILES string of the molecule is Cc1c(NCCc2ccccc2)c(CO)nc2cc3c(cc12)OC(C)(C)[C@H](O)C3. The number of aryl methyl sites for hydroxylation is 1. The molecule has 0 spiro atoms. The summed E-state index contributed by atoms with van der Waals surface area (Å²) in [5, 5.41) is 24.7. The molecular formula is C24H28N2O3. The fraction of sp³-hybridized carbons (Fsp3) is 0.375. The zero-order chi connectivity index (χ0) is 20.6. The lowest BCUT2D eigenvalue weighted by atomic mass is 9.90. The van der Waals surface area contributed by atoms with E-state index in [4.69, 9.17) is 9.72 Å². The van der Waals surface area contributed by atoms with Crippen molar-refractivity contribution in [3.63, 3.8) is 0 Å². The van der Waals surface area contributed by atoms with Crippen LogP contribution in [0.4, 0.5) is 5.69 Å². The molecule has 0 saturated carbocycles. The Labute approximate surface area is 171 Å². The number of nitrogens with one attached hydrogen (secondary N) is 1. The normalized spacial score (nSPS) is 17.6. The average molecular weight is 392 g/mol. The molecule has 3 N–H and O–H groups in total. The van der Waals surface area contributed by atoms with Crippen molar-refractivity contribution in [1.82, 2.24) is 4.98 Å². The van der Waals surface area contributed by atoms with Crippen molar-refractivity contribution in [2.24, 2.45) is 0 Å². The van der Waals surface area contributed by atoms with Crippen molar-refractivity contribution in [2.45, 2.75) is 51.9 Å². The van der Waals surface area contributed by atoms with E-state index in [1.807, 2.05) is 51.1 Å². The van der Waals surface area contributed by atoms with Gasteiger partial charge in [-0.05, 0) is 56.0 Å². The molecule has 1 aliphatic rings. The van der Waals surface area contributed by atoms with E-state index < -0.39 is 11.7 Å². The van der Waals surface area contributed by atoms with Crippen molar-refractivity contribution in [2.75, 3.05) is 11.9 Å². The molecule has 29 heavy (non-hydrogen) atoms. The lowest BCUT2D eigenvalue weighted by Gasteiger charge is -2.37. The molecule has 0 radical (unpaired) electrons. The lowest BCUT2D eigenvalue weighted by Crippen LogP contribution is -2.46. The number of aromatic nitrogens is 1. The maximum Gasteiger partial charge on any atom is 0.129 e. The number of hydrogen-bond donors (Lipinski definition) is 3. The molecule has 0 aliphatic carbocycles. The summed E-state index contributed by atoms with van der Waals surface area (Å²) in [6.07, 6.45) is 0.859. The van der Waals surface area contributed by atoms with Gasteiger partial charge >= 0.3 is 0 Å². The molecule has 0 bridgehead atoms. The maximum atomic E-state index is 10.4. The first-order valence-electron chi connectivity index (χ1n) is 10.1. The first-order valence-corrected chi connectivity index (χ1v) is 10.1. The Morgan fingerprint density at radius 3 is 2.69 bits per heavy atom. The number of ether oxygens (including phenoxy) is 1. The predicted octanol–water partition coefficient (Wildman–Crippen LogP) is 3.76. The van der Waals surface area contributed by atoms with Gasteiger partial charge in [0.2, 0.25) is 0 Å². The van der Waals surface area contributed by atoms with Crippen LogP contribution in [-0.4, -0.2) is 33.4 Å². The molecule has 2 heterocycles. The zero-order valence-corrected chi connectivity index (χ0v) is 17.2. The maximum absolute atomic E-state index is 10.4. The number of anilines is 1. The zero-order valence-electron chi connectivity index (χ0n) is 17.2. The molecule has 2 aromatic carbocycles. The first-order chi connectivity index (χ1) is 13.9. The number of fused-ring (bicyclic) bond motifs is 2. The molecule has 0 unspecified atom stereocenters. The van der Waals surface area contributed by atoms with Gasteiger partial charge in [0, 0.05) is 18.4 Å². The number of aliphatic hydroxyl groups is 2. The largest absolute Gasteiger partial charge is 0.485 e. The summed E-state index contributed by atoms with van der Waals surface area (Å²) < 4.78 is 6.08. The van der Waals surface area contributed by atoms with Crippen LogP contribution in [0, 0.1) is 6.92 Å². The standard InChI is InChI=1S/C24H28N2O3/c1-15-18-13-21-17(12-22(28)24(2,3)29-21)11-19(18)26-20(14-27)23(15)25-10-9-16-7-5-4-6-8-16/h4-8,11,13,22,25,27-28H,9-10,12,14H2,1-3H3/t22-/m1/s1. The van der Waals surface area contributed by atoms with E-state index in [0.717, 1.165) is 46.4 Å². The van der Waals surface area contributed by atoms with Gasteiger partial charge in [-0.15, -0.1) is 0 Å². The Hall–Kier alpha value is -2.63.